The van der Waals surface area contributed by atoms with Gasteiger partial charge in [0.05, 0.1) is 17.8 Å². The van der Waals surface area contributed by atoms with Gasteiger partial charge in [0.25, 0.3) is 5.91 Å². The van der Waals surface area contributed by atoms with Gasteiger partial charge in [-0.2, -0.15) is 0 Å². The van der Waals surface area contributed by atoms with E-state index in [9.17, 15) is 9.90 Å². The first-order chi connectivity index (χ1) is 15.5. The Labute approximate surface area is 190 Å². The molecule has 4 atom stereocenters. The summed E-state index contributed by atoms with van der Waals surface area (Å²) in [5.41, 5.74) is 3.70. The number of pyridine rings is 1. The van der Waals surface area contributed by atoms with Crippen molar-refractivity contribution in [1.82, 2.24) is 15.2 Å². The van der Waals surface area contributed by atoms with Gasteiger partial charge in [-0.1, -0.05) is 48.5 Å². The van der Waals surface area contributed by atoms with E-state index in [1.165, 1.54) is 5.56 Å². The largest absolute Gasteiger partial charge is 0.387 e. The van der Waals surface area contributed by atoms with E-state index in [0.717, 1.165) is 30.5 Å². The number of amides is 1. The standard InChI is InChI=1S/C27H31N3O2/c1-19(24-10-6-7-17-28-24)30(2)27(32)22-13-11-20(12-14-22)18-23-15-16-25(29-23)26(31)21-8-4-3-5-9-21/h3-14,17,19,23,25-26,29,31H,15-16,18H2,1-2H3/t19?,23?,25-,26-/m1/s1. The van der Waals surface area contributed by atoms with Crippen molar-refractivity contribution in [2.24, 2.45) is 0 Å². The summed E-state index contributed by atoms with van der Waals surface area (Å²) < 4.78 is 0. The number of aromatic nitrogens is 1. The molecule has 1 aliphatic rings. The fourth-order valence-corrected chi connectivity index (χ4v) is 4.41. The van der Waals surface area contributed by atoms with E-state index in [-0.39, 0.29) is 18.0 Å². The van der Waals surface area contributed by atoms with Gasteiger partial charge in [-0.15, -0.1) is 0 Å². The molecule has 1 aromatic heterocycles. The summed E-state index contributed by atoms with van der Waals surface area (Å²) in [4.78, 5) is 19.0. The van der Waals surface area contributed by atoms with Crippen LogP contribution in [0.15, 0.2) is 79.0 Å². The van der Waals surface area contributed by atoms with Gasteiger partial charge in [0.2, 0.25) is 0 Å². The molecule has 0 aliphatic carbocycles. The van der Waals surface area contributed by atoms with Crippen molar-refractivity contribution in [1.29, 1.82) is 0 Å². The quantitative estimate of drug-likeness (QED) is 0.587. The number of aliphatic hydroxyl groups excluding tert-OH is 1. The van der Waals surface area contributed by atoms with Crippen LogP contribution in [-0.4, -0.2) is 40.0 Å². The Morgan fingerprint density at radius 3 is 2.47 bits per heavy atom. The van der Waals surface area contributed by atoms with Gasteiger partial charge < -0.3 is 15.3 Å². The predicted octanol–water partition coefficient (Wildman–Crippen LogP) is 4.31. The minimum absolute atomic E-state index is 0.0141. The molecular formula is C27H31N3O2. The monoisotopic (exact) mass is 429 g/mol. The predicted molar refractivity (Wildman–Crippen MR) is 126 cm³/mol. The number of rotatable bonds is 7. The second kappa shape index (κ2) is 10.1. The van der Waals surface area contributed by atoms with Gasteiger partial charge in [-0.3, -0.25) is 9.78 Å². The zero-order valence-corrected chi connectivity index (χ0v) is 18.7. The lowest BCUT2D eigenvalue weighted by Gasteiger charge is -2.24. The molecule has 2 aromatic carbocycles. The van der Waals surface area contributed by atoms with Crippen LogP contribution in [0.4, 0.5) is 0 Å². The first-order valence-electron chi connectivity index (χ1n) is 11.3. The van der Waals surface area contributed by atoms with Crippen LogP contribution in [0.5, 0.6) is 0 Å². The van der Waals surface area contributed by atoms with Crippen molar-refractivity contribution < 1.29 is 9.90 Å². The molecule has 5 nitrogen and oxygen atoms in total. The highest BCUT2D eigenvalue weighted by molar-refractivity contribution is 5.94. The molecule has 1 aliphatic heterocycles. The maximum Gasteiger partial charge on any atom is 0.254 e. The number of nitrogens with one attached hydrogen (secondary N) is 1. The SMILES string of the molecule is CC(c1ccccn1)N(C)C(=O)c1ccc(CC2CC[C@H]([C@H](O)c3ccccc3)N2)cc1. The normalized spacial score (nSPS) is 20.0. The molecule has 1 amide bonds. The van der Waals surface area contributed by atoms with Crippen molar-refractivity contribution in [3.05, 3.63) is 101 Å². The van der Waals surface area contributed by atoms with E-state index < -0.39 is 6.10 Å². The number of hydrogen-bond donors (Lipinski definition) is 2. The highest BCUT2D eigenvalue weighted by Crippen LogP contribution is 2.27. The summed E-state index contributed by atoms with van der Waals surface area (Å²) in [7, 11) is 1.82. The van der Waals surface area contributed by atoms with E-state index in [2.05, 4.69) is 10.3 Å². The van der Waals surface area contributed by atoms with Crippen LogP contribution in [-0.2, 0) is 6.42 Å². The molecule has 4 rings (SSSR count). The van der Waals surface area contributed by atoms with Crippen LogP contribution in [0.2, 0.25) is 0 Å². The van der Waals surface area contributed by atoms with Crippen molar-refractivity contribution in [2.75, 3.05) is 7.05 Å². The van der Waals surface area contributed by atoms with Crippen molar-refractivity contribution >= 4 is 5.91 Å². The molecule has 0 spiro atoms. The Morgan fingerprint density at radius 1 is 1.06 bits per heavy atom. The highest BCUT2D eigenvalue weighted by atomic mass is 16.3. The summed E-state index contributed by atoms with van der Waals surface area (Å²) in [5, 5.41) is 14.3. The average molecular weight is 430 g/mol. The number of benzene rings is 2. The molecule has 0 bridgehead atoms. The average Bonchev–Trinajstić information content (AvgIpc) is 3.32. The Hall–Kier alpha value is -3.02. The topological polar surface area (TPSA) is 65.5 Å². The lowest BCUT2D eigenvalue weighted by Crippen LogP contribution is -2.35. The number of hydrogen-bond acceptors (Lipinski definition) is 4. The molecule has 0 saturated carbocycles. The summed E-state index contributed by atoms with van der Waals surface area (Å²) in [6, 6.07) is 23.8. The number of aliphatic hydroxyl groups is 1. The third-order valence-corrected chi connectivity index (χ3v) is 6.50. The van der Waals surface area contributed by atoms with Crippen LogP contribution in [0.25, 0.3) is 0 Å². The molecule has 2 N–H and O–H groups in total. The molecule has 2 heterocycles. The molecule has 1 saturated heterocycles. The van der Waals surface area contributed by atoms with Crippen LogP contribution < -0.4 is 5.32 Å². The zero-order chi connectivity index (χ0) is 22.5. The van der Waals surface area contributed by atoms with Gasteiger partial charge >= 0.3 is 0 Å². The summed E-state index contributed by atoms with van der Waals surface area (Å²) in [6.07, 6.45) is 4.12. The van der Waals surface area contributed by atoms with Gasteiger partial charge in [0, 0.05) is 30.9 Å². The van der Waals surface area contributed by atoms with Gasteiger partial charge in [0.1, 0.15) is 0 Å². The molecule has 3 aromatic rings. The summed E-state index contributed by atoms with van der Waals surface area (Å²) >= 11 is 0. The van der Waals surface area contributed by atoms with Crippen LogP contribution in [0.1, 0.15) is 59.1 Å². The molecule has 0 radical (unpaired) electrons. The fraction of sp³-hybridized carbons (Fsp3) is 0.333. The van der Waals surface area contributed by atoms with E-state index >= 15 is 0 Å². The summed E-state index contributed by atoms with van der Waals surface area (Å²) in [6.45, 7) is 1.99. The Kier molecular flexibility index (Phi) is 6.98. The molecule has 2 unspecified atom stereocenters. The number of carbonyl (C=O) groups is 1. The van der Waals surface area contributed by atoms with Crippen LogP contribution >= 0.6 is 0 Å². The number of carbonyl (C=O) groups excluding carboxylic acids is 1. The van der Waals surface area contributed by atoms with Gasteiger partial charge in [-0.05, 0) is 61.6 Å². The van der Waals surface area contributed by atoms with Crippen LogP contribution in [0, 0.1) is 0 Å². The molecule has 1 fully saturated rings. The number of nitrogens with zero attached hydrogens (tertiary/aromatic N) is 2. The van der Waals surface area contributed by atoms with E-state index in [0.29, 0.717) is 11.6 Å². The third-order valence-electron chi connectivity index (χ3n) is 6.50. The van der Waals surface area contributed by atoms with Crippen molar-refractivity contribution in [3.63, 3.8) is 0 Å². The van der Waals surface area contributed by atoms with E-state index in [1.54, 1.807) is 11.1 Å². The highest BCUT2D eigenvalue weighted by Gasteiger charge is 2.30. The molecule has 5 heteroatoms. The second-order valence-corrected chi connectivity index (χ2v) is 8.65. The maximum absolute atomic E-state index is 12.9. The molecule has 166 valence electrons. The van der Waals surface area contributed by atoms with E-state index in [4.69, 9.17) is 0 Å². The fourth-order valence-electron chi connectivity index (χ4n) is 4.41. The zero-order valence-electron chi connectivity index (χ0n) is 18.7. The molecular weight excluding hydrogens is 398 g/mol. The first-order valence-corrected chi connectivity index (χ1v) is 11.3. The summed E-state index contributed by atoms with van der Waals surface area (Å²) in [5.74, 6) is -0.0141. The first kappa shape index (κ1) is 22.2. The van der Waals surface area contributed by atoms with Gasteiger partial charge in [-0.25, -0.2) is 0 Å². The van der Waals surface area contributed by atoms with Gasteiger partial charge in [0.15, 0.2) is 0 Å². The maximum atomic E-state index is 12.9. The van der Waals surface area contributed by atoms with Crippen molar-refractivity contribution in [3.8, 4) is 0 Å². The van der Waals surface area contributed by atoms with Crippen LogP contribution in [0.3, 0.4) is 0 Å². The minimum atomic E-state index is -0.488. The lowest BCUT2D eigenvalue weighted by atomic mass is 10.0. The van der Waals surface area contributed by atoms with Crippen molar-refractivity contribution in [2.45, 2.75) is 50.4 Å². The second-order valence-electron chi connectivity index (χ2n) is 8.65. The third kappa shape index (κ3) is 5.06. The minimum Gasteiger partial charge on any atom is -0.387 e. The molecule has 32 heavy (non-hydrogen) atoms. The lowest BCUT2D eigenvalue weighted by molar-refractivity contribution is 0.0739. The Morgan fingerprint density at radius 2 is 1.78 bits per heavy atom. The van der Waals surface area contributed by atoms with E-state index in [1.807, 2.05) is 86.8 Å². The smallest absolute Gasteiger partial charge is 0.254 e. The Bertz CT molecular complexity index is 1010. The Balaban J connectivity index is 1.33.